The maximum Gasteiger partial charge on any atom is 0.488 e. The van der Waals surface area contributed by atoms with E-state index < -0.39 is 16.6 Å². The highest BCUT2D eigenvalue weighted by atomic mass is 32.3. The van der Waals surface area contributed by atoms with Gasteiger partial charge >= 0.3 is 16.6 Å². The quantitative estimate of drug-likeness (QED) is 0.505. The van der Waals surface area contributed by atoms with Crippen LogP contribution in [0, 0.1) is 13.8 Å². The van der Waals surface area contributed by atoms with Gasteiger partial charge in [0.25, 0.3) is 0 Å². The summed E-state index contributed by atoms with van der Waals surface area (Å²) in [7, 11) is -5.26. The molecule has 3 N–H and O–H groups in total. The fourth-order valence-corrected chi connectivity index (χ4v) is 4.70. The lowest BCUT2D eigenvalue weighted by Gasteiger charge is -2.18. The molecule has 0 saturated heterocycles. The molecule has 172 valence electrons. The Morgan fingerprint density at radius 2 is 1.61 bits per heavy atom. The number of fused-ring (bicyclic) bond motifs is 3. The number of amides is 1. The number of carbonyl (C=O) groups is 1. The fraction of sp³-hybridized carbons (Fsp3) is 0.208. The second-order valence-corrected chi connectivity index (χ2v) is 8.75. The van der Waals surface area contributed by atoms with E-state index in [1.165, 1.54) is 6.92 Å². The molecule has 0 bridgehead atoms. The molecule has 33 heavy (non-hydrogen) atoms. The van der Waals surface area contributed by atoms with Crippen LogP contribution >= 0.6 is 0 Å². The van der Waals surface area contributed by atoms with Crippen molar-refractivity contribution in [1.29, 1.82) is 0 Å². The first kappa shape index (κ1) is 22.8. The maximum absolute atomic E-state index is 13.2. The maximum atomic E-state index is 13.2. The number of ether oxygens (including phenoxy) is 1. The third-order valence-electron chi connectivity index (χ3n) is 5.87. The van der Waals surface area contributed by atoms with Crippen molar-refractivity contribution in [2.24, 2.45) is 5.73 Å². The second-order valence-electron chi connectivity index (χ2n) is 7.79. The highest BCUT2D eigenvalue weighted by molar-refractivity contribution is 7.81. The predicted molar refractivity (Wildman–Crippen MR) is 123 cm³/mol. The standard InChI is InChI=1S/C24H23FN2O5S/c1-14-16(12-26)11-22(15(2)23(14)32-33(25,29)30)27-24(28)31-13-21-19-9-5-3-7-17(19)18-8-4-6-10-20(18)21/h3-11,21H,12-13,26H2,1-2H3,(H,27,28). The molecule has 0 heterocycles. The van der Waals surface area contributed by atoms with Crippen LogP contribution in [0.4, 0.5) is 14.4 Å². The van der Waals surface area contributed by atoms with E-state index in [9.17, 15) is 17.1 Å². The molecule has 0 saturated carbocycles. The van der Waals surface area contributed by atoms with E-state index in [1.807, 2.05) is 48.5 Å². The summed E-state index contributed by atoms with van der Waals surface area (Å²) < 4.78 is 45.4. The summed E-state index contributed by atoms with van der Waals surface area (Å²) in [6.07, 6.45) is -0.735. The molecule has 0 atom stereocenters. The van der Waals surface area contributed by atoms with Crippen LogP contribution < -0.4 is 15.2 Å². The molecule has 4 rings (SSSR count). The minimum atomic E-state index is -5.26. The molecule has 1 aliphatic carbocycles. The zero-order chi connectivity index (χ0) is 23.8. The number of benzene rings is 3. The molecule has 0 fully saturated rings. The zero-order valence-electron chi connectivity index (χ0n) is 18.1. The summed E-state index contributed by atoms with van der Waals surface area (Å²) in [5.74, 6) is -0.327. The monoisotopic (exact) mass is 470 g/mol. The van der Waals surface area contributed by atoms with Crippen molar-refractivity contribution in [3.05, 3.63) is 82.4 Å². The van der Waals surface area contributed by atoms with Crippen LogP contribution in [-0.2, 0) is 21.8 Å². The third kappa shape index (κ3) is 4.55. The van der Waals surface area contributed by atoms with E-state index >= 15 is 0 Å². The van der Waals surface area contributed by atoms with Crippen LogP contribution in [0.2, 0.25) is 0 Å². The second kappa shape index (κ2) is 8.84. The minimum absolute atomic E-state index is 0.0359. The molecular weight excluding hydrogens is 447 g/mol. The number of hydrogen-bond acceptors (Lipinski definition) is 6. The van der Waals surface area contributed by atoms with Crippen molar-refractivity contribution in [1.82, 2.24) is 0 Å². The summed E-state index contributed by atoms with van der Waals surface area (Å²) in [4.78, 5) is 12.6. The number of nitrogens with one attached hydrogen (secondary N) is 1. The van der Waals surface area contributed by atoms with Gasteiger partial charge in [-0.25, -0.2) is 4.79 Å². The number of hydrogen-bond donors (Lipinski definition) is 2. The molecule has 0 aliphatic heterocycles. The van der Waals surface area contributed by atoms with Gasteiger partial charge in [0, 0.05) is 18.0 Å². The SMILES string of the molecule is Cc1c(CN)cc(NC(=O)OCC2c3ccccc3-c3ccccc32)c(C)c1OS(=O)(=O)F. The molecule has 0 aromatic heterocycles. The molecule has 9 heteroatoms. The molecule has 1 aliphatic rings. The Morgan fingerprint density at radius 1 is 1.03 bits per heavy atom. The van der Waals surface area contributed by atoms with Crippen LogP contribution in [0.3, 0.4) is 0 Å². The molecule has 0 radical (unpaired) electrons. The Bertz CT molecular complexity index is 1300. The Kier molecular flexibility index (Phi) is 6.09. The summed E-state index contributed by atoms with van der Waals surface area (Å²) in [6, 6.07) is 17.5. The lowest BCUT2D eigenvalue weighted by Crippen LogP contribution is -2.19. The summed E-state index contributed by atoms with van der Waals surface area (Å²) in [6.45, 7) is 3.21. The summed E-state index contributed by atoms with van der Waals surface area (Å²) in [5.41, 5.74) is 11.4. The van der Waals surface area contributed by atoms with E-state index in [0.29, 0.717) is 11.1 Å². The lowest BCUT2D eigenvalue weighted by atomic mass is 9.98. The number of nitrogens with two attached hydrogens (primary N) is 1. The molecule has 3 aromatic rings. The highest BCUT2D eigenvalue weighted by Gasteiger charge is 2.29. The van der Waals surface area contributed by atoms with Gasteiger partial charge in [-0.15, -0.1) is 0 Å². The Labute approximate surface area is 191 Å². The summed E-state index contributed by atoms with van der Waals surface area (Å²) >= 11 is 0. The van der Waals surface area contributed by atoms with Gasteiger partial charge in [0.05, 0.1) is 5.69 Å². The van der Waals surface area contributed by atoms with Gasteiger partial charge in [-0.3, -0.25) is 5.32 Å². The average molecular weight is 471 g/mol. The van der Waals surface area contributed by atoms with Gasteiger partial charge in [0.2, 0.25) is 0 Å². The van der Waals surface area contributed by atoms with Gasteiger partial charge in [0.15, 0.2) is 5.75 Å². The van der Waals surface area contributed by atoms with Crippen LogP contribution in [0.5, 0.6) is 5.75 Å². The van der Waals surface area contributed by atoms with E-state index in [2.05, 4.69) is 9.50 Å². The summed E-state index contributed by atoms with van der Waals surface area (Å²) in [5, 5.41) is 2.60. The largest absolute Gasteiger partial charge is 0.488 e. The average Bonchev–Trinajstić information content (AvgIpc) is 3.10. The van der Waals surface area contributed by atoms with Gasteiger partial charge in [0.1, 0.15) is 6.61 Å². The van der Waals surface area contributed by atoms with Crippen LogP contribution in [0.15, 0.2) is 54.6 Å². The molecule has 7 nitrogen and oxygen atoms in total. The van der Waals surface area contributed by atoms with Crippen molar-refractivity contribution < 1.29 is 26.0 Å². The van der Waals surface area contributed by atoms with Gasteiger partial charge in [-0.1, -0.05) is 52.4 Å². The van der Waals surface area contributed by atoms with Crippen molar-refractivity contribution >= 4 is 22.3 Å². The van der Waals surface area contributed by atoms with Crippen molar-refractivity contribution in [2.45, 2.75) is 26.3 Å². The van der Waals surface area contributed by atoms with Crippen molar-refractivity contribution in [2.75, 3.05) is 11.9 Å². The van der Waals surface area contributed by atoms with E-state index in [4.69, 9.17) is 10.5 Å². The smallest absolute Gasteiger partial charge is 0.448 e. The van der Waals surface area contributed by atoms with Crippen LogP contribution in [0.1, 0.15) is 33.7 Å². The normalized spacial score (nSPS) is 12.7. The Morgan fingerprint density at radius 3 is 2.15 bits per heavy atom. The van der Waals surface area contributed by atoms with E-state index in [0.717, 1.165) is 22.3 Å². The number of anilines is 1. The first-order chi connectivity index (χ1) is 15.7. The van der Waals surface area contributed by atoms with Crippen LogP contribution in [-0.4, -0.2) is 21.1 Å². The minimum Gasteiger partial charge on any atom is -0.448 e. The van der Waals surface area contributed by atoms with E-state index in [-0.39, 0.29) is 36.1 Å². The first-order valence-corrected chi connectivity index (χ1v) is 11.6. The van der Waals surface area contributed by atoms with Gasteiger partial charge in [-0.05, 0) is 53.3 Å². The highest BCUT2D eigenvalue weighted by Crippen LogP contribution is 2.44. The molecule has 0 unspecified atom stereocenters. The van der Waals surface area contributed by atoms with Crippen molar-refractivity contribution in [3.8, 4) is 16.9 Å². The number of carbonyl (C=O) groups excluding carboxylic acids is 1. The van der Waals surface area contributed by atoms with Crippen LogP contribution in [0.25, 0.3) is 11.1 Å². The molecule has 0 spiro atoms. The third-order valence-corrected chi connectivity index (χ3v) is 6.23. The van der Waals surface area contributed by atoms with Gasteiger partial charge in [-0.2, -0.15) is 8.42 Å². The van der Waals surface area contributed by atoms with Gasteiger partial charge < -0.3 is 14.7 Å². The number of halogens is 1. The molecular formula is C24H23FN2O5S. The zero-order valence-corrected chi connectivity index (χ0v) is 18.9. The van der Waals surface area contributed by atoms with Crippen molar-refractivity contribution in [3.63, 3.8) is 0 Å². The fourth-order valence-electron chi connectivity index (χ4n) is 4.25. The Balaban J connectivity index is 1.55. The first-order valence-electron chi connectivity index (χ1n) is 10.3. The Hall–Kier alpha value is -3.43. The molecule has 3 aromatic carbocycles. The lowest BCUT2D eigenvalue weighted by molar-refractivity contribution is 0.158. The number of rotatable bonds is 6. The predicted octanol–water partition coefficient (Wildman–Crippen LogP) is 4.72. The topological polar surface area (TPSA) is 108 Å². The van der Waals surface area contributed by atoms with E-state index in [1.54, 1.807) is 13.0 Å². The molecule has 1 amide bonds.